The molecule has 82 valence electrons. The molecule has 0 spiro atoms. The normalized spacial score (nSPS) is 35.6. The van der Waals surface area contributed by atoms with Crippen molar-refractivity contribution in [2.75, 3.05) is 39.3 Å². The highest BCUT2D eigenvalue weighted by molar-refractivity contribution is 4.78. The van der Waals surface area contributed by atoms with Crippen LogP contribution in [0.1, 0.15) is 19.8 Å². The van der Waals surface area contributed by atoms with Crippen molar-refractivity contribution in [1.29, 1.82) is 0 Å². The minimum atomic E-state index is -0.562. The molecule has 2 heterocycles. The summed E-state index contributed by atoms with van der Waals surface area (Å²) in [5, 5.41) is 0. The topological polar surface area (TPSA) is 6.48 Å². The molecule has 0 N–H and O–H groups in total. The largest absolute Gasteiger partial charge is 0.302 e. The van der Waals surface area contributed by atoms with Gasteiger partial charge in [0, 0.05) is 32.7 Å². The van der Waals surface area contributed by atoms with E-state index in [2.05, 4.69) is 16.7 Å². The summed E-state index contributed by atoms with van der Waals surface area (Å²) in [6, 6.07) is 0. The van der Waals surface area contributed by atoms with E-state index in [1.807, 2.05) is 0 Å². The fraction of sp³-hybridized carbons (Fsp3) is 1.00. The fourth-order valence-electron chi connectivity index (χ4n) is 2.50. The van der Waals surface area contributed by atoms with Gasteiger partial charge >= 0.3 is 0 Å². The first kappa shape index (κ1) is 10.4. The van der Waals surface area contributed by atoms with Crippen LogP contribution in [0, 0.1) is 5.92 Å². The first-order chi connectivity index (χ1) is 6.74. The van der Waals surface area contributed by atoms with Gasteiger partial charge in [-0.2, -0.15) is 0 Å². The summed E-state index contributed by atoms with van der Waals surface area (Å²) in [6.07, 6.45) is 1.52. The van der Waals surface area contributed by atoms with E-state index >= 15 is 0 Å². The lowest BCUT2D eigenvalue weighted by atomic mass is 10.2. The Bertz CT molecular complexity index is 166. The van der Waals surface area contributed by atoms with Crippen LogP contribution >= 0.6 is 0 Å². The van der Waals surface area contributed by atoms with Crippen molar-refractivity contribution in [3.63, 3.8) is 0 Å². The highest BCUT2D eigenvalue weighted by Gasteiger charge is 2.23. The Hall–Kier alpha value is -0.150. The Labute approximate surface area is 86.1 Å². The van der Waals surface area contributed by atoms with Gasteiger partial charge in [0.15, 0.2) is 0 Å². The van der Waals surface area contributed by atoms with Crippen LogP contribution in [-0.2, 0) is 0 Å². The summed E-state index contributed by atoms with van der Waals surface area (Å²) in [5.41, 5.74) is 0. The van der Waals surface area contributed by atoms with Gasteiger partial charge in [0.25, 0.3) is 0 Å². The molecule has 0 aliphatic carbocycles. The standard InChI is InChI=1S/C11H21FN2/c1-10-2-4-13(8-10)6-7-14-5-3-11(12)9-14/h10-11H,2-9H2,1H3. The number of alkyl halides is 1. The second-order valence-electron chi connectivity index (χ2n) is 4.88. The Morgan fingerprint density at radius 3 is 2.21 bits per heavy atom. The third kappa shape index (κ3) is 2.67. The molecular formula is C11H21FN2. The zero-order valence-electron chi connectivity index (χ0n) is 9.08. The van der Waals surface area contributed by atoms with Crippen molar-refractivity contribution in [3.05, 3.63) is 0 Å². The molecule has 0 saturated carbocycles. The molecule has 0 radical (unpaired) electrons. The van der Waals surface area contributed by atoms with E-state index in [9.17, 15) is 4.39 Å². The van der Waals surface area contributed by atoms with Gasteiger partial charge in [-0.05, 0) is 25.3 Å². The average molecular weight is 200 g/mol. The molecule has 3 heteroatoms. The molecule has 2 nitrogen and oxygen atoms in total. The number of halogens is 1. The van der Waals surface area contributed by atoms with Gasteiger partial charge in [0.1, 0.15) is 6.17 Å². The van der Waals surface area contributed by atoms with Gasteiger partial charge in [0.2, 0.25) is 0 Å². The van der Waals surface area contributed by atoms with Crippen molar-refractivity contribution < 1.29 is 4.39 Å². The maximum atomic E-state index is 12.9. The van der Waals surface area contributed by atoms with Gasteiger partial charge in [-0.25, -0.2) is 4.39 Å². The highest BCUT2D eigenvalue weighted by Crippen LogP contribution is 2.16. The van der Waals surface area contributed by atoms with Crippen LogP contribution in [0.5, 0.6) is 0 Å². The second-order valence-corrected chi connectivity index (χ2v) is 4.88. The van der Waals surface area contributed by atoms with Crippen LogP contribution in [0.15, 0.2) is 0 Å². The number of rotatable bonds is 3. The monoisotopic (exact) mass is 200 g/mol. The fourth-order valence-corrected chi connectivity index (χ4v) is 2.50. The van der Waals surface area contributed by atoms with Gasteiger partial charge in [-0.15, -0.1) is 0 Å². The zero-order chi connectivity index (χ0) is 9.97. The van der Waals surface area contributed by atoms with Crippen LogP contribution in [0.4, 0.5) is 4.39 Å². The van der Waals surface area contributed by atoms with Crippen molar-refractivity contribution in [1.82, 2.24) is 9.80 Å². The number of nitrogens with zero attached hydrogens (tertiary/aromatic N) is 2. The molecule has 2 aliphatic rings. The van der Waals surface area contributed by atoms with Crippen LogP contribution in [0.2, 0.25) is 0 Å². The smallest absolute Gasteiger partial charge is 0.114 e. The van der Waals surface area contributed by atoms with Gasteiger partial charge in [-0.3, -0.25) is 4.90 Å². The Morgan fingerprint density at radius 1 is 1.07 bits per heavy atom. The third-order valence-corrected chi connectivity index (χ3v) is 3.46. The molecular weight excluding hydrogens is 179 g/mol. The summed E-state index contributed by atoms with van der Waals surface area (Å²) in [5.74, 6) is 0.863. The lowest BCUT2D eigenvalue weighted by Crippen LogP contribution is -2.33. The molecule has 2 rings (SSSR count). The summed E-state index contributed by atoms with van der Waals surface area (Å²) < 4.78 is 12.9. The Balaban J connectivity index is 1.63. The molecule has 2 unspecified atom stereocenters. The summed E-state index contributed by atoms with van der Waals surface area (Å²) >= 11 is 0. The second kappa shape index (κ2) is 4.58. The van der Waals surface area contributed by atoms with Gasteiger partial charge in [-0.1, -0.05) is 6.92 Å². The minimum absolute atomic E-state index is 0.562. The molecule has 2 aliphatic heterocycles. The number of hydrogen-bond donors (Lipinski definition) is 0. The molecule has 2 saturated heterocycles. The predicted octanol–water partition coefficient (Wildman–Crippen LogP) is 1.37. The van der Waals surface area contributed by atoms with E-state index in [0.717, 1.165) is 32.0 Å². The van der Waals surface area contributed by atoms with E-state index in [4.69, 9.17) is 0 Å². The Morgan fingerprint density at radius 2 is 1.71 bits per heavy atom. The molecule has 2 fully saturated rings. The summed E-state index contributed by atoms with van der Waals surface area (Å²) in [7, 11) is 0. The molecule has 0 bridgehead atoms. The highest BCUT2D eigenvalue weighted by atomic mass is 19.1. The van der Waals surface area contributed by atoms with Crippen LogP contribution < -0.4 is 0 Å². The molecule has 0 amide bonds. The molecule has 2 atom stereocenters. The van der Waals surface area contributed by atoms with Crippen molar-refractivity contribution >= 4 is 0 Å². The van der Waals surface area contributed by atoms with Crippen molar-refractivity contribution in [2.24, 2.45) is 5.92 Å². The summed E-state index contributed by atoms with van der Waals surface area (Å²) in [4.78, 5) is 4.77. The molecule has 0 aromatic heterocycles. The van der Waals surface area contributed by atoms with E-state index in [1.165, 1.54) is 19.5 Å². The van der Waals surface area contributed by atoms with Gasteiger partial charge in [0.05, 0.1) is 0 Å². The van der Waals surface area contributed by atoms with Crippen LogP contribution in [0.25, 0.3) is 0 Å². The number of hydrogen-bond acceptors (Lipinski definition) is 2. The molecule has 0 aromatic rings. The lowest BCUT2D eigenvalue weighted by Gasteiger charge is -2.20. The van der Waals surface area contributed by atoms with E-state index in [1.54, 1.807) is 0 Å². The molecule has 0 aromatic carbocycles. The molecule has 14 heavy (non-hydrogen) atoms. The summed E-state index contributed by atoms with van der Waals surface area (Å²) in [6.45, 7) is 8.63. The van der Waals surface area contributed by atoms with E-state index in [-0.39, 0.29) is 0 Å². The van der Waals surface area contributed by atoms with Crippen molar-refractivity contribution in [3.8, 4) is 0 Å². The average Bonchev–Trinajstić information content (AvgIpc) is 2.72. The first-order valence-electron chi connectivity index (χ1n) is 5.83. The lowest BCUT2D eigenvalue weighted by molar-refractivity contribution is 0.238. The van der Waals surface area contributed by atoms with Crippen LogP contribution in [-0.4, -0.2) is 55.2 Å². The Kier molecular flexibility index (Phi) is 3.39. The number of likely N-dealkylation sites (tertiary alicyclic amines) is 2. The first-order valence-corrected chi connectivity index (χ1v) is 5.83. The maximum Gasteiger partial charge on any atom is 0.114 e. The SMILES string of the molecule is CC1CCN(CCN2CCC(F)C2)C1. The predicted molar refractivity (Wildman–Crippen MR) is 56.2 cm³/mol. The van der Waals surface area contributed by atoms with E-state index < -0.39 is 6.17 Å². The quantitative estimate of drug-likeness (QED) is 0.679. The zero-order valence-corrected chi connectivity index (χ0v) is 9.08. The van der Waals surface area contributed by atoms with Gasteiger partial charge < -0.3 is 4.90 Å². The van der Waals surface area contributed by atoms with Crippen LogP contribution in [0.3, 0.4) is 0 Å². The third-order valence-electron chi connectivity index (χ3n) is 3.46. The minimum Gasteiger partial charge on any atom is -0.302 e. The van der Waals surface area contributed by atoms with E-state index in [0.29, 0.717) is 6.54 Å². The maximum absolute atomic E-state index is 12.9. The van der Waals surface area contributed by atoms with Crippen molar-refractivity contribution in [2.45, 2.75) is 25.9 Å².